The molecule has 5 nitrogen and oxygen atoms in total. The molecule has 1 aromatic carbocycles. The van der Waals surface area contributed by atoms with E-state index < -0.39 is 24.1 Å². The number of halogens is 1. The SMILES string of the molecule is C[C@H](Oc1ccc(Br)cc1)C(=O)O[C@H](C)C(N)=O. The first-order valence-corrected chi connectivity index (χ1v) is 6.11. The van der Waals surface area contributed by atoms with Crippen molar-refractivity contribution in [3.63, 3.8) is 0 Å². The van der Waals surface area contributed by atoms with Crippen molar-refractivity contribution in [2.75, 3.05) is 0 Å². The maximum absolute atomic E-state index is 11.6. The molecule has 0 aliphatic rings. The molecule has 2 atom stereocenters. The summed E-state index contributed by atoms with van der Waals surface area (Å²) in [5.74, 6) is -0.794. The van der Waals surface area contributed by atoms with Crippen molar-refractivity contribution in [2.45, 2.75) is 26.1 Å². The smallest absolute Gasteiger partial charge is 0.347 e. The van der Waals surface area contributed by atoms with Gasteiger partial charge in [-0.1, -0.05) is 15.9 Å². The number of benzene rings is 1. The summed E-state index contributed by atoms with van der Waals surface area (Å²) in [6, 6.07) is 7.01. The van der Waals surface area contributed by atoms with E-state index in [-0.39, 0.29) is 0 Å². The lowest BCUT2D eigenvalue weighted by Crippen LogP contribution is -2.35. The standard InChI is InChI=1S/C12H14BrNO4/c1-7(11(14)15)18-12(16)8(2)17-10-5-3-9(13)4-6-10/h3-8H,1-2H3,(H2,14,15)/t7-,8+/m1/s1. The van der Waals surface area contributed by atoms with Gasteiger partial charge in [0.1, 0.15) is 5.75 Å². The summed E-state index contributed by atoms with van der Waals surface area (Å²) in [5, 5.41) is 0. The average Bonchev–Trinajstić information content (AvgIpc) is 2.31. The molecule has 98 valence electrons. The molecule has 18 heavy (non-hydrogen) atoms. The Bertz CT molecular complexity index is 432. The predicted molar refractivity (Wildman–Crippen MR) is 69.0 cm³/mol. The van der Waals surface area contributed by atoms with E-state index >= 15 is 0 Å². The number of carbonyl (C=O) groups is 2. The summed E-state index contributed by atoms with van der Waals surface area (Å²) in [4.78, 5) is 22.3. The van der Waals surface area contributed by atoms with E-state index in [1.807, 2.05) is 0 Å². The molecule has 0 radical (unpaired) electrons. The molecular weight excluding hydrogens is 302 g/mol. The maximum atomic E-state index is 11.6. The van der Waals surface area contributed by atoms with Gasteiger partial charge in [0, 0.05) is 4.47 Å². The highest BCUT2D eigenvalue weighted by Crippen LogP contribution is 2.17. The van der Waals surface area contributed by atoms with Crippen LogP contribution in [0.1, 0.15) is 13.8 Å². The van der Waals surface area contributed by atoms with Crippen LogP contribution in [0.15, 0.2) is 28.7 Å². The van der Waals surface area contributed by atoms with Crippen molar-refractivity contribution in [2.24, 2.45) is 5.73 Å². The van der Waals surface area contributed by atoms with Gasteiger partial charge in [0.05, 0.1) is 0 Å². The van der Waals surface area contributed by atoms with Crippen LogP contribution >= 0.6 is 15.9 Å². The third-order valence-corrected chi connectivity index (χ3v) is 2.68. The summed E-state index contributed by atoms with van der Waals surface area (Å²) in [6.07, 6.45) is -1.78. The van der Waals surface area contributed by atoms with Crippen molar-refractivity contribution in [1.29, 1.82) is 0 Å². The van der Waals surface area contributed by atoms with Gasteiger partial charge in [-0.15, -0.1) is 0 Å². The van der Waals surface area contributed by atoms with Gasteiger partial charge in [0.15, 0.2) is 12.2 Å². The van der Waals surface area contributed by atoms with Crippen molar-refractivity contribution in [3.8, 4) is 5.75 Å². The number of primary amides is 1. The molecule has 1 rings (SSSR count). The molecule has 0 spiro atoms. The topological polar surface area (TPSA) is 78.6 Å². The van der Waals surface area contributed by atoms with Gasteiger partial charge in [-0.05, 0) is 38.1 Å². The van der Waals surface area contributed by atoms with E-state index in [9.17, 15) is 9.59 Å². The molecule has 0 heterocycles. The molecule has 1 aromatic rings. The lowest BCUT2D eigenvalue weighted by atomic mass is 10.3. The van der Waals surface area contributed by atoms with Crippen LogP contribution in [0, 0.1) is 0 Å². The summed E-state index contributed by atoms with van der Waals surface area (Å²) in [5.41, 5.74) is 4.99. The minimum absolute atomic E-state index is 0.536. The van der Waals surface area contributed by atoms with Crippen LogP contribution in [0.2, 0.25) is 0 Å². The maximum Gasteiger partial charge on any atom is 0.347 e. The number of ether oxygens (including phenoxy) is 2. The largest absolute Gasteiger partial charge is 0.479 e. The van der Waals surface area contributed by atoms with Gasteiger partial charge in [0.2, 0.25) is 0 Å². The molecule has 1 amide bonds. The molecule has 0 saturated heterocycles. The van der Waals surface area contributed by atoms with Crippen molar-refractivity contribution in [3.05, 3.63) is 28.7 Å². The van der Waals surface area contributed by atoms with Gasteiger partial charge in [-0.2, -0.15) is 0 Å². The zero-order valence-electron chi connectivity index (χ0n) is 10.1. The van der Waals surface area contributed by atoms with Crippen LogP contribution in [0.5, 0.6) is 5.75 Å². The first-order chi connectivity index (χ1) is 8.40. The highest BCUT2D eigenvalue weighted by atomic mass is 79.9. The first-order valence-electron chi connectivity index (χ1n) is 5.32. The molecule has 0 aliphatic carbocycles. The molecule has 0 fully saturated rings. The molecule has 0 aromatic heterocycles. The lowest BCUT2D eigenvalue weighted by Gasteiger charge is -2.16. The number of carbonyl (C=O) groups excluding carboxylic acids is 2. The van der Waals surface area contributed by atoms with Crippen molar-refractivity contribution < 1.29 is 19.1 Å². The molecule has 0 unspecified atom stereocenters. The second-order valence-corrected chi connectivity index (χ2v) is 4.61. The molecule has 0 bridgehead atoms. The number of hydrogen-bond acceptors (Lipinski definition) is 4. The Morgan fingerprint density at radius 3 is 2.22 bits per heavy atom. The third-order valence-electron chi connectivity index (χ3n) is 2.15. The fourth-order valence-corrected chi connectivity index (χ4v) is 1.36. The van der Waals surface area contributed by atoms with Gasteiger partial charge in [-0.3, -0.25) is 4.79 Å². The van der Waals surface area contributed by atoms with Crippen LogP contribution < -0.4 is 10.5 Å². The summed E-state index contributed by atoms with van der Waals surface area (Å²) < 4.78 is 11.1. The van der Waals surface area contributed by atoms with Crippen molar-refractivity contribution >= 4 is 27.8 Å². The fraction of sp³-hybridized carbons (Fsp3) is 0.333. The molecule has 0 aliphatic heterocycles. The van der Waals surface area contributed by atoms with Gasteiger partial charge >= 0.3 is 5.97 Å². The Balaban J connectivity index is 2.54. The van der Waals surface area contributed by atoms with Crippen LogP contribution in [-0.4, -0.2) is 24.1 Å². The quantitative estimate of drug-likeness (QED) is 0.838. The number of amides is 1. The minimum Gasteiger partial charge on any atom is -0.479 e. The van der Waals surface area contributed by atoms with E-state index in [1.54, 1.807) is 24.3 Å². The predicted octanol–water partition coefficient (Wildman–Crippen LogP) is 1.63. The highest BCUT2D eigenvalue weighted by Gasteiger charge is 2.21. The van der Waals surface area contributed by atoms with E-state index in [2.05, 4.69) is 15.9 Å². The Morgan fingerprint density at radius 1 is 1.17 bits per heavy atom. The van der Waals surface area contributed by atoms with Gasteiger partial charge < -0.3 is 15.2 Å². The van der Waals surface area contributed by atoms with Crippen LogP contribution in [0.3, 0.4) is 0 Å². The summed E-state index contributed by atoms with van der Waals surface area (Å²) in [6.45, 7) is 2.95. The van der Waals surface area contributed by atoms with Crippen molar-refractivity contribution in [1.82, 2.24) is 0 Å². The Kier molecular flexibility index (Phi) is 5.15. The highest BCUT2D eigenvalue weighted by molar-refractivity contribution is 9.10. The van der Waals surface area contributed by atoms with E-state index in [1.165, 1.54) is 13.8 Å². The van der Waals surface area contributed by atoms with Crippen LogP contribution in [0.4, 0.5) is 0 Å². The Hall–Kier alpha value is -1.56. The summed E-state index contributed by atoms with van der Waals surface area (Å²) in [7, 11) is 0. The monoisotopic (exact) mass is 315 g/mol. The van der Waals surface area contributed by atoms with Crippen LogP contribution in [0.25, 0.3) is 0 Å². The van der Waals surface area contributed by atoms with Crippen LogP contribution in [-0.2, 0) is 14.3 Å². The Labute approximate surface area is 113 Å². The minimum atomic E-state index is -0.964. The number of nitrogens with two attached hydrogens (primary N) is 1. The second kappa shape index (κ2) is 6.39. The molecule has 2 N–H and O–H groups in total. The van der Waals surface area contributed by atoms with Gasteiger partial charge in [0.25, 0.3) is 5.91 Å². The number of esters is 1. The zero-order chi connectivity index (χ0) is 13.7. The fourth-order valence-electron chi connectivity index (χ4n) is 1.09. The Morgan fingerprint density at radius 2 is 1.72 bits per heavy atom. The van der Waals surface area contributed by atoms with E-state index in [0.717, 1.165) is 4.47 Å². The molecule has 0 saturated carbocycles. The number of rotatable bonds is 5. The third kappa shape index (κ3) is 4.37. The van der Waals surface area contributed by atoms with Gasteiger partial charge in [-0.25, -0.2) is 4.79 Å². The normalized spacial score (nSPS) is 13.5. The average molecular weight is 316 g/mol. The zero-order valence-corrected chi connectivity index (χ0v) is 11.6. The number of hydrogen-bond donors (Lipinski definition) is 1. The molecule has 6 heteroatoms. The lowest BCUT2D eigenvalue weighted by molar-refractivity contribution is -0.159. The second-order valence-electron chi connectivity index (χ2n) is 3.70. The summed E-state index contributed by atoms with van der Waals surface area (Å²) >= 11 is 3.29. The molecular formula is C12H14BrNO4. The van der Waals surface area contributed by atoms with E-state index in [4.69, 9.17) is 15.2 Å². The van der Waals surface area contributed by atoms with E-state index in [0.29, 0.717) is 5.75 Å². The first kappa shape index (κ1) is 14.5.